The largest absolute Gasteiger partial charge is 0.314 e. The zero-order chi connectivity index (χ0) is 12.9. The highest BCUT2D eigenvalue weighted by atomic mass is 15.1. The maximum atomic E-state index is 3.79. The molecule has 0 aromatic rings. The number of nitrogens with zero attached hydrogens (tertiary/aromatic N) is 1. The van der Waals surface area contributed by atoms with Crippen LogP contribution < -0.4 is 5.32 Å². The lowest BCUT2D eigenvalue weighted by Gasteiger charge is -2.34. The fourth-order valence-electron chi connectivity index (χ4n) is 3.89. The van der Waals surface area contributed by atoms with Gasteiger partial charge in [-0.05, 0) is 70.0 Å². The van der Waals surface area contributed by atoms with Gasteiger partial charge in [0.25, 0.3) is 0 Å². The molecule has 2 saturated carbocycles. The summed E-state index contributed by atoms with van der Waals surface area (Å²) < 4.78 is 0. The van der Waals surface area contributed by atoms with Crippen molar-refractivity contribution in [3.63, 3.8) is 0 Å². The van der Waals surface area contributed by atoms with Gasteiger partial charge in [-0.25, -0.2) is 0 Å². The average Bonchev–Trinajstić information content (AvgIpc) is 3.26. The lowest BCUT2D eigenvalue weighted by Crippen LogP contribution is -2.44. The Labute approximate surface area is 119 Å². The van der Waals surface area contributed by atoms with Gasteiger partial charge < -0.3 is 10.2 Å². The molecule has 2 heteroatoms. The smallest absolute Gasteiger partial charge is 0.00915 e. The number of likely N-dealkylation sites (tertiary alicyclic amines) is 1. The molecule has 0 spiro atoms. The van der Waals surface area contributed by atoms with E-state index in [0.29, 0.717) is 0 Å². The number of hydrogen-bond donors (Lipinski definition) is 1. The summed E-state index contributed by atoms with van der Waals surface area (Å²) >= 11 is 0. The second kappa shape index (κ2) is 7.08. The summed E-state index contributed by atoms with van der Waals surface area (Å²) in [6, 6.07) is 0.825. The molecule has 0 aromatic carbocycles. The van der Waals surface area contributed by atoms with Crippen LogP contribution in [0.4, 0.5) is 0 Å². The van der Waals surface area contributed by atoms with Crippen molar-refractivity contribution in [1.82, 2.24) is 10.2 Å². The van der Waals surface area contributed by atoms with Crippen molar-refractivity contribution < 1.29 is 0 Å². The molecule has 19 heavy (non-hydrogen) atoms. The Kier molecular flexibility index (Phi) is 5.17. The van der Waals surface area contributed by atoms with Gasteiger partial charge in [-0.3, -0.25) is 0 Å². The summed E-state index contributed by atoms with van der Waals surface area (Å²) in [7, 11) is 0. The second-order valence-electron chi connectivity index (χ2n) is 7.28. The molecule has 0 unspecified atom stereocenters. The van der Waals surface area contributed by atoms with Crippen molar-refractivity contribution >= 4 is 0 Å². The Bertz CT molecular complexity index is 246. The first-order valence-corrected chi connectivity index (χ1v) is 8.86. The van der Waals surface area contributed by atoms with E-state index in [4.69, 9.17) is 0 Å². The van der Waals surface area contributed by atoms with Crippen molar-refractivity contribution in [2.24, 2.45) is 11.8 Å². The molecule has 3 aliphatic rings. The summed E-state index contributed by atoms with van der Waals surface area (Å²) in [4.78, 5) is 2.76. The Morgan fingerprint density at radius 3 is 2.05 bits per heavy atom. The predicted octanol–water partition coefficient (Wildman–Crippen LogP) is 3.42. The van der Waals surface area contributed by atoms with Crippen molar-refractivity contribution in [2.45, 2.75) is 70.3 Å². The second-order valence-corrected chi connectivity index (χ2v) is 7.28. The van der Waals surface area contributed by atoms with Gasteiger partial charge in [-0.2, -0.15) is 0 Å². The van der Waals surface area contributed by atoms with E-state index in [1.54, 1.807) is 0 Å². The summed E-state index contributed by atoms with van der Waals surface area (Å²) in [5.74, 6) is 2.04. The quantitative estimate of drug-likeness (QED) is 0.765. The van der Waals surface area contributed by atoms with E-state index < -0.39 is 0 Å². The highest BCUT2D eigenvalue weighted by Gasteiger charge is 2.25. The average molecular weight is 264 g/mol. The maximum Gasteiger partial charge on any atom is 0.00915 e. The van der Waals surface area contributed by atoms with Gasteiger partial charge >= 0.3 is 0 Å². The molecule has 0 aromatic heterocycles. The van der Waals surface area contributed by atoms with E-state index in [-0.39, 0.29) is 0 Å². The normalized spacial score (nSPS) is 28.4. The molecule has 0 bridgehead atoms. The third-order valence-corrected chi connectivity index (χ3v) is 5.47. The van der Waals surface area contributed by atoms with Gasteiger partial charge in [0, 0.05) is 12.6 Å². The van der Waals surface area contributed by atoms with E-state index in [1.165, 1.54) is 90.4 Å². The fraction of sp³-hybridized carbons (Fsp3) is 1.00. The first-order chi connectivity index (χ1) is 9.40. The zero-order valence-electron chi connectivity index (χ0n) is 12.6. The molecule has 0 radical (unpaired) electrons. The lowest BCUT2D eigenvalue weighted by atomic mass is 9.97. The van der Waals surface area contributed by atoms with Crippen LogP contribution in [-0.4, -0.2) is 37.1 Å². The van der Waals surface area contributed by atoms with Crippen LogP contribution in [0.15, 0.2) is 0 Å². The Morgan fingerprint density at radius 1 is 0.737 bits per heavy atom. The maximum absolute atomic E-state index is 3.79. The zero-order valence-corrected chi connectivity index (χ0v) is 12.6. The van der Waals surface area contributed by atoms with Gasteiger partial charge in [0.2, 0.25) is 0 Å². The Balaban J connectivity index is 1.32. The van der Waals surface area contributed by atoms with Crippen molar-refractivity contribution in [2.75, 3.05) is 26.2 Å². The standard InChI is InChI=1S/C17H32N2/c1-2-4-6-16(5-3-1)14-19-11-9-17(10-12-19)18-13-15-7-8-15/h15-18H,1-14H2. The molecule has 2 nitrogen and oxygen atoms in total. The summed E-state index contributed by atoms with van der Waals surface area (Å²) in [6.45, 7) is 5.39. The van der Waals surface area contributed by atoms with Crippen LogP contribution in [0.1, 0.15) is 64.2 Å². The van der Waals surface area contributed by atoms with Crippen molar-refractivity contribution in [1.29, 1.82) is 0 Å². The molecular formula is C17H32N2. The predicted molar refractivity (Wildman–Crippen MR) is 81.4 cm³/mol. The Hall–Kier alpha value is -0.0800. The van der Waals surface area contributed by atoms with Crippen LogP contribution in [-0.2, 0) is 0 Å². The molecule has 2 aliphatic carbocycles. The van der Waals surface area contributed by atoms with Crippen LogP contribution in [0, 0.1) is 11.8 Å². The highest BCUT2D eigenvalue weighted by Crippen LogP contribution is 2.28. The van der Waals surface area contributed by atoms with E-state index >= 15 is 0 Å². The van der Waals surface area contributed by atoms with Gasteiger partial charge in [0.05, 0.1) is 0 Å². The summed E-state index contributed by atoms with van der Waals surface area (Å²) in [5.41, 5.74) is 0. The minimum absolute atomic E-state index is 0.825. The van der Waals surface area contributed by atoms with Crippen molar-refractivity contribution in [3.8, 4) is 0 Å². The van der Waals surface area contributed by atoms with Crippen LogP contribution >= 0.6 is 0 Å². The molecule has 3 fully saturated rings. The van der Waals surface area contributed by atoms with E-state index in [1.807, 2.05) is 0 Å². The molecule has 1 N–H and O–H groups in total. The molecule has 0 amide bonds. The molecule has 3 rings (SSSR count). The minimum Gasteiger partial charge on any atom is -0.314 e. The van der Waals surface area contributed by atoms with E-state index in [2.05, 4.69) is 10.2 Å². The fourth-order valence-corrected chi connectivity index (χ4v) is 3.89. The van der Waals surface area contributed by atoms with Crippen LogP contribution in [0.5, 0.6) is 0 Å². The molecule has 1 heterocycles. The molecule has 1 saturated heterocycles. The van der Waals surface area contributed by atoms with E-state index in [0.717, 1.165) is 17.9 Å². The topological polar surface area (TPSA) is 15.3 Å². The minimum atomic E-state index is 0.825. The number of nitrogens with one attached hydrogen (secondary N) is 1. The molecule has 1 aliphatic heterocycles. The third kappa shape index (κ3) is 4.75. The van der Waals surface area contributed by atoms with Gasteiger partial charge in [0.15, 0.2) is 0 Å². The lowest BCUT2D eigenvalue weighted by molar-refractivity contribution is 0.165. The third-order valence-electron chi connectivity index (χ3n) is 5.47. The van der Waals surface area contributed by atoms with Crippen LogP contribution in [0.2, 0.25) is 0 Å². The van der Waals surface area contributed by atoms with Crippen LogP contribution in [0.25, 0.3) is 0 Å². The Morgan fingerprint density at radius 2 is 1.42 bits per heavy atom. The first-order valence-electron chi connectivity index (χ1n) is 8.86. The number of rotatable bonds is 5. The van der Waals surface area contributed by atoms with Gasteiger partial charge in [-0.1, -0.05) is 25.7 Å². The van der Waals surface area contributed by atoms with Gasteiger partial charge in [0.1, 0.15) is 0 Å². The molecular weight excluding hydrogens is 232 g/mol. The van der Waals surface area contributed by atoms with Gasteiger partial charge in [-0.15, -0.1) is 0 Å². The number of piperidine rings is 1. The van der Waals surface area contributed by atoms with E-state index in [9.17, 15) is 0 Å². The van der Waals surface area contributed by atoms with Crippen LogP contribution in [0.3, 0.4) is 0 Å². The summed E-state index contributed by atoms with van der Waals surface area (Å²) in [5, 5.41) is 3.79. The first kappa shape index (κ1) is 13.9. The molecule has 0 atom stereocenters. The number of hydrogen-bond acceptors (Lipinski definition) is 2. The highest BCUT2D eigenvalue weighted by molar-refractivity contribution is 4.82. The SMILES string of the molecule is C1CCCC(CN2CCC(NCC3CC3)CC2)CC1. The molecule has 110 valence electrons. The summed E-state index contributed by atoms with van der Waals surface area (Å²) in [6.07, 6.45) is 14.7. The van der Waals surface area contributed by atoms with Crippen molar-refractivity contribution in [3.05, 3.63) is 0 Å². The monoisotopic (exact) mass is 264 g/mol.